The minimum atomic E-state index is 0.732. The Morgan fingerprint density at radius 3 is 3.27 bits per heavy atom. The SMILES string of the molecule is O/N=C1\C=c2ccsc2=CC1. The van der Waals surface area contributed by atoms with Gasteiger partial charge in [0.2, 0.25) is 0 Å². The molecule has 2 nitrogen and oxygen atoms in total. The van der Waals surface area contributed by atoms with Crippen LogP contribution in [-0.2, 0) is 0 Å². The Morgan fingerprint density at radius 2 is 2.45 bits per heavy atom. The molecule has 1 aromatic rings. The fraction of sp³-hybridized carbons (Fsp3) is 0.125. The van der Waals surface area contributed by atoms with E-state index in [-0.39, 0.29) is 0 Å². The summed E-state index contributed by atoms with van der Waals surface area (Å²) in [5, 5.41) is 14.9. The molecule has 0 fully saturated rings. The first-order chi connectivity index (χ1) is 5.40. The lowest BCUT2D eigenvalue weighted by atomic mass is 10.1. The maximum Gasteiger partial charge on any atom is 0.0840 e. The molecule has 0 radical (unpaired) electrons. The van der Waals surface area contributed by atoms with E-state index in [1.54, 1.807) is 11.3 Å². The summed E-state index contributed by atoms with van der Waals surface area (Å²) in [7, 11) is 0. The van der Waals surface area contributed by atoms with Crippen molar-refractivity contribution in [1.82, 2.24) is 0 Å². The third-order valence-electron chi connectivity index (χ3n) is 1.67. The lowest BCUT2D eigenvalue weighted by Crippen LogP contribution is -2.23. The zero-order valence-corrected chi connectivity index (χ0v) is 6.64. The van der Waals surface area contributed by atoms with Crippen LogP contribution in [0.4, 0.5) is 0 Å². The van der Waals surface area contributed by atoms with E-state index in [1.807, 2.05) is 17.5 Å². The van der Waals surface area contributed by atoms with Crippen LogP contribution in [0.25, 0.3) is 12.2 Å². The van der Waals surface area contributed by atoms with Crippen LogP contribution in [0.3, 0.4) is 0 Å². The lowest BCUT2D eigenvalue weighted by Gasteiger charge is -1.95. The Labute approximate surface area is 67.8 Å². The fourth-order valence-corrected chi connectivity index (χ4v) is 1.93. The van der Waals surface area contributed by atoms with Crippen molar-refractivity contribution in [1.29, 1.82) is 0 Å². The molecule has 0 saturated carbocycles. The third kappa shape index (κ3) is 1.07. The van der Waals surface area contributed by atoms with E-state index in [9.17, 15) is 0 Å². The normalized spacial score (nSPS) is 18.7. The van der Waals surface area contributed by atoms with Gasteiger partial charge >= 0.3 is 0 Å². The predicted molar refractivity (Wildman–Crippen MR) is 46.3 cm³/mol. The number of hydrogen-bond acceptors (Lipinski definition) is 3. The molecule has 1 N–H and O–H groups in total. The first kappa shape index (κ1) is 6.61. The second-order valence-corrected chi connectivity index (χ2v) is 3.33. The van der Waals surface area contributed by atoms with Gasteiger partial charge in [-0.05, 0) is 22.7 Å². The summed E-state index contributed by atoms with van der Waals surface area (Å²) in [6.07, 6.45) is 4.73. The average Bonchev–Trinajstić information content (AvgIpc) is 2.50. The highest BCUT2D eigenvalue weighted by molar-refractivity contribution is 7.07. The van der Waals surface area contributed by atoms with Crippen molar-refractivity contribution >= 4 is 29.2 Å². The molecule has 0 aromatic carbocycles. The summed E-state index contributed by atoms with van der Waals surface area (Å²) in [6.45, 7) is 0. The van der Waals surface area contributed by atoms with Gasteiger partial charge in [-0.1, -0.05) is 11.2 Å². The highest BCUT2D eigenvalue weighted by Crippen LogP contribution is 1.95. The predicted octanol–water partition coefficient (Wildman–Crippen LogP) is 0.543. The number of rotatable bonds is 0. The maximum atomic E-state index is 8.49. The van der Waals surface area contributed by atoms with Gasteiger partial charge in [-0.2, -0.15) is 0 Å². The molecule has 56 valence electrons. The quantitative estimate of drug-likeness (QED) is 0.442. The third-order valence-corrected chi connectivity index (χ3v) is 2.60. The molecular weight excluding hydrogens is 158 g/mol. The van der Waals surface area contributed by atoms with E-state index in [1.165, 1.54) is 4.53 Å². The highest BCUT2D eigenvalue weighted by atomic mass is 32.1. The molecule has 1 aliphatic rings. The molecule has 3 heteroatoms. The zero-order valence-electron chi connectivity index (χ0n) is 5.82. The van der Waals surface area contributed by atoms with Crippen LogP contribution in [0.15, 0.2) is 16.6 Å². The van der Waals surface area contributed by atoms with E-state index in [0.29, 0.717) is 0 Å². The molecular formula is C8H7NOS. The van der Waals surface area contributed by atoms with Gasteiger partial charge in [-0.15, -0.1) is 11.3 Å². The van der Waals surface area contributed by atoms with Crippen LogP contribution in [0.1, 0.15) is 6.42 Å². The molecule has 0 bridgehead atoms. The summed E-state index contributed by atoms with van der Waals surface area (Å²) in [5.74, 6) is 0. The van der Waals surface area contributed by atoms with Crippen molar-refractivity contribution in [2.24, 2.45) is 5.16 Å². The van der Waals surface area contributed by atoms with Crippen molar-refractivity contribution in [3.8, 4) is 0 Å². The van der Waals surface area contributed by atoms with Gasteiger partial charge in [0.05, 0.1) is 5.71 Å². The first-order valence-electron chi connectivity index (χ1n) is 3.36. The van der Waals surface area contributed by atoms with Crippen LogP contribution in [0, 0.1) is 0 Å². The standard InChI is InChI=1S/C8H7NOS/c10-9-7-1-2-8-6(5-7)3-4-11-8/h2-5,10H,1H2/b9-7-. The minimum Gasteiger partial charge on any atom is -0.411 e. The van der Waals surface area contributed by atoms with Gasteiger partial charge in [0.15, 0.2) is 0 Å². The molecule has 0 spiro atoms. The largest absolute Gasteiger partial charge is 0.411 e. The van der Waals surface area contributed by atoms with E-state index in [2.05, 4.69) is 11.2 Å². The first-order valence-corrected chi connectivity index (χ1v) is 4.24. The number of hydrogen-bond donors (Lipinski definition) is 1. The molecule has 1 aromatic heterocycles. The summed E-state index contributed by atoms with van der Waals surface area (Å²) in [4.78, 5) is 0. The minimum absolute atomic E-state index is 0.732. The zero-order chi connectivity index (χ0) is 7.68. The number of thiophene rings is 1. The van der Waals surface area contributed by atoms with Gasteiger partial charge in [-0.3, -0.25) is 0 Å². The molecule has 1 heterocycles. The Morgan fingerprint density at radius 1 is 1.55 bits per heavy atom. The molecule has 0 saturated heterocycles. The molecule has 2 rings (SSSR count). The summed E-state index contributed by atoms with van der Waals surface area (Å²) < 4.78 is 1.28. The van der Waals surface area contributed by atoms with Crippen LogP contribution < -0.4 is 9.75 Å². The maximum absolute atomic E-state index is 8.49. The molecule has 11 heavy (non-hydrogen) atoms. The molecule has 1 aliphatic carbocycles. The second kappa shape index (κ2) is 2.51. The number of nitrogens with zero attached hydrogens (tertiary/aromatic N) is 1. The summed E-state index contributed by atoms with van der Waals surface area (Å²) in [5.41, 5.74) is 0.732. The summed E-state index contributed by atoms with van der Waals surface area (Å²) >= 11 is 1.71. The van der Waals surface area contributed by atoms with Crippen molar-refractivity contribution in [2.75, 3.05) is 0 Å². The van der Waals surface area contributed by atoms with Crippen LogP contribution in [-0.4, -0.2) is 10.9 Å². The smallest absolute Gasteiger partial charge is 0.0840 e. The molecule has 0 unspecified atom stereocenters. The Balaban J connectivity index is 2.71. The van der Waals surface area contributed by atoms with E-state index < -0.39 is 0 Å². The molecule has 0 aliphatic heterocycles. The Kier molecular flexibility index (Phi) is 1.51. The van der Waals surface area contributed by atoms with Gasteiger partial charge < -0.3 is 5.21 Å². The number of oxime groups is 1. The van der Waals surface area contributed by atoms with Crippen LogP contribution in [0.2, 0.25) is 0 Å². The lowest BCUT2D eigenvalue weighted by molar-refractivity contribution is 0.319. The molecule has 0 atom stereocenters. The Bertz CT molecular complexity index is 402. The topological polar surface area (TPSA) is 32.6 Å². The van der Waals surface area contributed by atoms with E-state index >= 15 is 0 Å². The average molecular weight is 165 g/mol. The van der Waals surface area contributed by atoms with Crippen LogP contribution >= 0.6 is 11.3 Å². The van der Waals surface area contributed by atoms with Crippen LogP contribution in [0.5, 0.6) is 0 Å². The van der Waals surface area contributed by atoms with Crippen molar-refractivity contribution in [2.45, 2.75) is 6.42 Å². The van der Waals surface area contributed by atoms with Crippen molar-refractivity contribution < 1.29 is 5.21 Å². The second-order valence-electron chi connectivity index (χ2n) is 2.38. The van der Waals surface area contributed by atoms with Gasteiger partial charge in [0.1, 0.15) is 0 Å². The van der Waals surface area contributed by atoms with E-state index in [0.717, 1.165) is 17.4 Å². The van der Waals surface area contributed by atoms with Crippen molar-refractivity contribution in [3.63, 3.8) is 0 Å². The van der Waals surface area contributed by atoms with Gasteiger partial charge in [0.25, 0.3) is 0 Å². The van der Waals surface area contributed by atoms with Crippen molar-refractivity contribution in [3.05, 3.63) is 21.2 Å². The monoisotopic (exact) mass is 165 g/mol. The molecule has 0 amide bonds. The van der Waals surface area contributed by atoms with E-state index in [4.69, 9.17) is 5.21 Å². The van der Waals surface area contributed by atoms with Gasteiger partial charge in [-0.25, -0.2) is 0 Å². The fourth-order valence-electron chi connectivity index (χ4n) is 1.12. The van der Waals surface area contributed by atoms with Gasteiger partial charge in [0, 0.05) is 11.0 Å². The summed E-state index contributed by atoms with van der Waals surface area (Å²) in [6, 6.07) is 2.03. The highest BCUT2D eigenvalue weighted by Gasteiger charge is 1.99. The Hall–Kier alpha value is -1.09. The number of fused-ring (bicyclic) bond motifs is 1.